The van der Waals surface area contributed by atoms with E-state index in [1.807, 2.05) is 96.4 Å². The summed E-state index contributed by atoms with van der Waals surface area (Å²) < 4.78 is 20.5. The lowest BCUT2D eigenvalue weighted by atomic mass is 9.77. The molecule has 1 aliphatic heterocycles. The SMILES string of the molecule is C[C@@]1(OCc2ccccc2)[C@H](C(O)Cc2ccccc2)[C@@H](COCc2ccccc2)O[C@H]1c1scc2c(=S)nc[nH]c12. The van der Waals surface area contributed by atoms with Crippen molar-refractivity contribution in [2.75, 3.05) is 6.61 Å². The molecule has 0 spiro atoms. The Morgan fingerprint density at radius 3 is 2.24 bits per heavy atom. The molecule has 0 amide bonds. The molecule has 5 atom stereocenters. The van der Waals surface area contributed by atoms with Gasteiger partial charge in [-0.15, -0.1) is 11.3 Å². The van der Waals surface area contributed by atoms with E-state index in [0.29, 0.717) is 30.9 Å². The molecular weight excluding hydrogens is 565 g/mol. The van der Waals surface area contributed by atoms with Crippen molar-refractivity contribution in [3.63, 3.8) is 0 Å². The van der Waals surface area contributed by atoms with E-state index in [2.05, 4.69) is 16.9 Å². The van der Waals surface area contributed by atoms with Gasteiger partial charge >= 0.3 is 0 Å². The smallest absolute Gasteiger partial charge is 0.138 e. The van der Waals surface area contributed by atoms with Crippen molar-refractivity contribution in [1.82, 2.24) is 9.97 Å². The predicted octanol–water partition coefficient (Wildman–Crippen LogP) is 7.21. The molecule has 42 heavy (non-hydrogen) atoms. The molecule has 0 aliphatic carbocycles. The molecule has 1 aliphatic rings. The molecule has 6 nitrogen and oxygen atoms in total. The maximum absolute atomic E-state index is 11.9. The van der Waals surface area contributed by atoms with Gasteiger partial charge in [-0.1, -0.05) is 103 Å². The second kappa shape index (κ2) is 13.0. The van der Waals surface area contributed by atoms with E-state index in [-0.39, 0.29) is 5.92 Å². The van der Waals surface area contributed by atoms with Crippen molar-refractivity contribution in [2.45, 2.75) is 50.5 Å². The monoisotopic (exact) mass is 598 g/mol. The predicted molar refractivity (Wildman–Crippen MR) is 168 cm³/mol. The third kappa shape index (κ3) is 6.10. The molecule has 6 rings (SSSR count). The van der Waals surface area contributed by atoms with Crippen LogP contribution in [-0.2, 0) is 33.8 Å². The lowest BCUT2D eigenvalue weighted by Crippen LogP contribution is -2.48. The fourth-order valence-corrected chi connectivity index (χ4v) is 7.43. The fourth-order valence-electron chi connectivity index (χ4n) is 5.97. The van der Waals surface area contributed by atoms with Crippen molar-refractivity contribution >= 4 is 34.5 Å². The minimum Gasteiger partial charge on any atom is -0.392 e. The summed E-state index contributed by atoms with van der Waals surface area (Å²) in [6.45, 7) is 3.21. The van der Waals surface area contributed by atoms with Crippen LogP contribution in [0, 0.1) is 10.6 Å². The quantitative estimate of drug-likeness (QED) is 0.157. The molecule has 5 aromatic rings. The Morgan fingerprint density at radius 2 is 1.57 bits per heavy atom. The molecule has 3 aromatic carbocycles. The first-order valence-corrected chi connectivity index (χ1v) is 15.4. The minimum atomic E-state index is -0.888. The largest absolute Gasteiger partial charge is 0.392 e. The number of fused-ring (bicyclic) bond motifs is 1. The van der Waals surface area contributed by atoms with Gasteiger partial charge in [-0.25, -0.2) is 4.98 Å². The van der Waals surface area contributed by atoms with Crippen LogP contribution in [0.3, 0.4) is 0 Å². The van der Waals surface area contributed by atoms with Crippen LogP contribution in [0.4, 0.5) is 0 Å². The van der Waals surface area contributed by atoms with Crippen LogP contribution in [0.5, 0.6) is 0 Å². The highest BCUT2D eigenvalue weighted by Gasteiger charge is 2.58. The van der Waals surface area contributed by atoms with E-state index < -0.39 is 23.9 Å². The van der Waals surface area contributed by atoms with Crippen LogP contribution in [0.2, 0.25) is 0 Å². The Balaban J connectivity index is 1.37. The third-order valence-electron chi connectivity index (χ3n) is 8.06. The van der Waals surface area contributed by atoms with Gasteiger partial charge in [0.2, 0.25) is 0 Å². The van der Waals surface area contributed by atoms with E-state index >= 15 is 0 Å². The van der Waals surface area contributed by atoms with E-state index in [9.17, 15) is 5.11 Å². The van der Waals surface area contributed by atoms with Gasteiger partial charge in [-0.3, -0.25) is 0 Å². The Bertz CT molecular complexity index is 1640. The Labute approximate surface area is 255 Å². The number of ether oxygens (including phenoxy) is 3. The van der Waals surface area contributed by atoms with E-state index in [0.717, 1.165) is 32.5 Å². The number of aliphatic hydroxyl groups is 1. The first-order chi connectivity index (χ1) is 20.5. The van der Waals surface area contributed by atoms with Crippen molar-refractivity contribution in [2.24, 2.45) is 5.92 Å². The number of benzene rings is 3. The summed E-state index contributed by atoms with van der Waals surface area (Å²) >= 11 is 7.10. The summed E-state index contributed by atoms with van der Waals surface area (Å²) in [7, 11) is 0. The van der Waals surface area contributed by atoms with Gasteiger partial charge in [0.1, 0.15) is 16.3 Å². The maximum atomic E-state index is 11.9. The molecule has 216 valence electrons. The standard InChI is InChI=1S/C34H34N2O4S2/c1-34(39-19-25-15-9-4-10-16-25)29(27(37)17-23-11-5-2-6-12-23)28(20-38-18-24-13-7-3-8-14-24)40-32(34)31-30-26(21-42-31)33(41)36-22-35-30/h2-16,21-22,27-29,32,37H,17-20H2,1H3,(H,35,36,41)/t27?,28-,29-,32+,34-/m1/s1. The minimum absolute atomic E-state index is 0.313. The van der Waals surface area contributed by atoms with Gasteiger partial charge in [-0.05, 0) is 30.0 Å². The van der Waals surface area contributed by atoms with Crippen LogP contribution in [0.15, 0.2) is 103 Å². The summed E-state index contributed by atoms with van der Waals surface area (Å²) in [5.41, 5.74) is 3.20. The van der Waals surface area contributed by atoms with E-state index in [1.165, 1.54) is 0 Å². The van der Waals surface area contributed by atoms with Crippen LogP contribution < -0.4 is 0 Å². The molecule has 2 N–H and O–H groups in total. The number of nitrogens with zero attached hydrogens (tertiary/aromatic N) is 1. The van der Waals surface area contributed by atoms with Gasteiger partial charge in [0.25, 0.3) is 0 Å². The van der Waals surface area contributed by atoms with Gasteiger partial charge in [0, 0.05) is 16.7 Å². The molecule has 3 heterocycles. The first-order valence-electron chi connectivity index (χ1n) is 14.1. The molecule has 0 bridgehead atoms. The van der Waals surface area contributed by atoms with Crippen molar-refractivity contribution in [3.05, 3.63) is 129 Å². The zero-order valence-corrected chi connectivity index (χ0v) is 25.0. The Kier molecular flexibility index (Phi) is 8.90. The van der Waals surface area contributed by atoms with Crippen LogP contribution in [0.25, 0.3) is 10.9 Å². The number of hydrogen-bond donors (Lipinski definition) is 2. The average molecular weight is 599 g/mol. The lowest BCUT2D eigenvalue weighted by Gasteiger charge is -2.38. The normalized spacial score (nSPS) is 22.9. The number of aromatic nitrogens is 2. The fraction of sp³-hybridized carbons (Fsp3) is 0.294. The maximum Gasteiger partial charge on any atom is 0.138 e. The summed E-state index contributed by atoms with van der Waals surface area (Å²) in [5, 5.41) is 14.8. The number of thiophene rings is 1. The number of rotatable bonds is 11. The van der Waals surface area contributed by atoms with Gasteiger partial charge in [0.15, 0.2) is 0 Å². The van der Waals surface area contributed by atoms with Crippen molar-refractivity contribution in [3.8, 4) is 0 Å². The molecule has 8 heteroatoms. The first kappa shape index (κ1) is 28.9. The highest BCUT2D eigenvalue weighted by molar-refractivity contribution is 7.71. The third-order valence-corrected chi connectivity index (χ3v) is 9.41. The Morgan fingerprint density at radius 1 is 0.952 bits per heavy atom. The molecule has 0 saturated carbocycles. The highest BCUT2D eigenvalue weighted by Crippen LogP contribution is 2.52. The Hall–Kier alpha value is -3.24. The number of hydrogen-bond acceptors (Lipinski definition) is 7. The topological polar surface area (TPSA) is 76.6 Å². The molecule has 1 unspecified atom stereocenters. The van der Waals surface area contributed by atoms with Crippen LogP contribution >= 0.6 is 23.6 Å². The van der Waals surface area contributed by atoms with E-state index in [4.69, 9.17) is 26.4 Å². The van der Waals surface area contributed by atoms with E-state index in [1.54, 1.807) is 17.7 Å². The van der Waals surface area contributed by atoms with Gasteiger partial charge < -0.3 is 24.3 Å². The highest BCUT2D eigenvalue weighted by atomic mass is 32.1. The second-order valence-corrected chi connectivity index (χ2v) is 12.2. The summed E-state index contributed by atoms with van der Waals surface area (Å²) in [6, 6.07) is 30.2. The molecule has 0 radical (unpaired) electrons. The number of aromatic amines is 1. The van der Waals surface area contributed by atoms with Crippen molar-refractivity contribution < 1.29 is 19.3 Å². The number of nitrogens with one attached hydrogen (secondary N) is 1. The van der Waals surface area contributed by atoms with Gasteiger partial charge in [0.05, 0.1) is 48.7 Å². The summed E-state index contributed by atoms with van der Waals surface area (Å²) in [5.74, 6) is -0.385. The average Bonchev–Trinajstić information content (AvgIpc) is 3.57. The number of aliphatic hydroxyl groups excluding tert-OH is 1. The zero-order valence-electron chi connectivity index (χ0n) is 23.4. The summed E-state index contributed by atoms with van der Waals surface area (Å²) in [4.78, 5) is 8.53. The molecule has 1 fully saturated rings. The molecular formula is C34H34N2O4S2. The zero-order chi connectivity index (χ0) is 28.9. The second-order valence-electron chi connectivity index (χ2n) is 10.9. The number of H-pyrrole nitrogens is 1. The summed E-state index contributed by atoms with van der Waals surface area (Å²) in [6.07, 6.45) is 0.464. The van der Waals surface area contributed by atoms with Crippen LogP contribution in [0.1, 0.15) is 34.6 Å². The molecule has 2 aromatic heterocycles. The van der Waals surface area contributed by atoms with Gasteiger partial charge in [-0.2, -0.15) is 0 Å². The lowest BCUT2D eigenvalue weighted by molar-refractivity contribution is -0.122. The van der Waals surface area contributed by atoms with Crippen molar-refractivity contribution in [1.29, 1.82) is 0 Å². The van der Waals surface area contributed by atoms with Crippen LogP contribution in [-0.4, -0.2) is 39.5 Å². The molecule has 1 saturated heterocycles.